The number of nitro groups is 1. The first-order valence-electron chi connectivity index (χ1n) is 8.25. The van der Waals surface area contributed by atoms with E-state index in [2.05, 4.69) is 10.9 Å². The summed E-state index contributed by atoms with van der Waals surface area (Å²) in [7, 11) is 0. The number of nitrogens with zero attached hydrogens (tertiary/aromatic N) is 1. The van der Waals surface area contributed by atoms with Crippen molar-refractivity contribution in [1.82, 2.24) is 10.9 Å². The molecule has 2 N–H and O–H groups in total. The van der Waals surface area contributed by atoms with E-state index in [1.165, 1.54) is 60.7 Å². The van der Waals surface area contributed by atoms with Crippen molar-refractivity contribution in [3.05, 3.63) is 82.4 Å². The number of benzene rings is 2. The lowest BCUT2D eigenvalue weighted by atomic mass is 10.2. The molecule has 2 aromatic carbocycles. The second-order valence-electron chi connectivity index (χ2n) is 5.69. The SMILES string of the molecule is O=C(COc1ccccc1[N+](=O)[O-])NNC(=O)c1ccc(-c2ccc(F)cc2)o1. The predicted molar refractivity (Wildman–Crippen MR) is 98.3 cm³/mol. The lowest BCUT2D eigenvalue weighted by Crippen LogP contribution is -2.43. The zero-order valence-electron chi connectivity index (χ0n) is 14.8. The number of rotatable bonds is 6. The van der Waals surface area contributed by atoms with E-state index in [0.717, 1.165) is 0 Å². The van der Waals surface area contributed by atoms with Crippen molar-refractivity contribution in [2.75, 3.05) is 6.61 Å². The average Bonchev–Trinajstić information content (AvgIpc) is 3.21. The number of hydrogen-bond donors (Lipinski definition) is 2. The van der Waals surface area contributed by atoms with Gasteiger partial charge in [0.15, 0.2) is 18.1 Å². The summed E-state index contributed by atoms with van der Waals surface area (Å²) >= 11 is 0. The van der Waals surface area contributed by atoms with Crippen LogP contribution in [-0.2, 0) is 4.79 Å². The van der Waals surface area contributed by atoms with Crippen molar-refractivity contribution in [3.63, 3.8) is 0 Å². The molecule has 0 fully saturated rings. The van der Waals surface area contributed by atoms with Gasteiger partial charge < -0.3 is 9.15 Å². The minimum atomic E-state index is -0.734. The number of nitrogens with one attached hydrogen (secondary N) is 2. The Morgan fingerprint density at radius 2 is 1.76 bits per heavy atom. The van der Waals surface area contributed by atoms with E-state index in [1.54, 1.807) is 0 Å². The summed E-state index contributed by atoms with van der Waals surface area (Å²) in [4.78, 5) is 34.1. The fourth-order valence-electron chi connectivity index (χ4n) is 2.33. The highest BCUT2D eigenvalue weighted by molar-refractivity contribution is 5.93. The lowest BCUT2D eigenvalue weighted by molar-refractivity contribution is -0.385. The van der Waals surface area contributed by atoms with E-state index in [4.69, 9.17) is 9.15 Å². The number of carbonyl (C=O) groups is 2. The van der Waals surface area contributed by atoms with E-state index in [0.29, 0.717) is 11.3 Å². The molecule has 0 saturated carbocycles. The lowest BCUT2D eigenvalue weighted by Gasteiger charge is -2.08. The molecule has 0 radical (unpaired) electrons. The molecule has 0 saturated heterocycles. The number of furan rings is 1. The molecule has 29 heavy (non-hydrogen) atoms. The monoisotopic (exact) mass is 399 g/mol. The average molecular weight is 399 g/mol. The molecule has 0 aliphatic rings. The van der Waals surface area contributed by atoms with E-state index < -0.39 is 29.2 Å². The molecule has 0 bridgehead atoms. The number of amides is 2. The van der Waals surface area contributed by atoms with Gasteiger partial charge in [-0.1, -0.05) is 12.1 Å². The fourth-order valence-corrected chi connectivity index (χ4v) is 2.33. The molecule has 0 aliphatic carbocycles. The minimum Gasteiger partial charge on any atom is -0.477 e. The zero-order chi connectivity index (χ0) is 20.8. The number of ether oxygens (including phenoxy) is 1. The molecule has 0 spiro atoms. The van der Waals surface area contributed by atoms with Crippen molar-refractivity contribution in [2.45, 2.75) is 0 Å². The Morgan fingerprint density at radius 1 is 1.03 bits per heavy atom. The zero-order valence-corrected chi connectivity index (χ0v) is 14.8. The molecule has 1 aromatic heterocycles. The van der Waals surface area contributed by atoms with Gasteiger partial charge in [-0.05, 0) is 42.5 Å². The first-order valence-corrected chi connectivity index (χ1v) is 8.25. The van der Waals surface area contributed by atoms with Crippen LogP contribution in [0.15, 0.2) is 65.1 Å². The van der Waals surface area contributed by atoms with E-state index >= 15 is 0 Å². The molecule has 0 aliphatic heterocycles. The molecule has 9 nitrogen and oxygen atoms in total. The van der Waals surface area contributed by atoms with E-state index in [9.17, 15) is 24.1 Å². The predicted octanol–water partition coefficient (Wildman–Crippen LogP) is 2.83. The molecule has 0 atom stereocenters. The van der Waals surface area contributed by atoms with Crippen molar-refractivity contribution in [2.24, 2.45) is 0 Å². The Balaban J connectivity index is 1.52. The van der Waals surface area contributed by atoms with Gasteiger partial charge in [0, 0.05) is 11.6 Å². The number of hydrazine groups is 1. The molecular formula is C19H14FN3O6. The van der Waals surface area contributed by atoms with Crippen molar-refractivity contribution in [3.8, 4) is 17.1 Å². The highest BCUT2D eigenvalue weighted by Gasteiger charge is 2.16. The van der Waals surface area contributed by atoms with Crippen LogP contribution in [0, 0.1) is 15.9 Å². The van der Waals surface area contributed by atoms with Crippen LogP contribution in [0.1, 0.15) is 10.6 Å². The van der Waals surface area contributed by atoms with Gasteiger partial charge in [0.2, 0.25) is 0 Å². The van der Waals surface area contributed by atoms with Gasteiger partial charge in [0.05, 0.1) is 4.92 Å². The highest BCUT2D eigenvalue weighted by atomic mass is 19.1. The maximum atomic E-state index is 13.0. The highest BCUT2D eigenvalue weighted by Crippen LogP contribution is 2.25. The van der Waals surface area contributed by atoms with Gasteiger partial charge in [-0.15, -0.1) is 0 Å². The van der Waals surface area contributed by atoms with Gasteiger partial charge in [0.1, 0.15) is 11.6 Å². The van der Waals surface area contributed by atoms with Gasteiger partial charge in [-0.25, -0.2) is 4.39 Å². The standard InChI is InChI=1S/C19H14FN3O6/c20-13-7-5-12(6-8-13)15-9-10-17(29-15)19(25)22-21-18(24)11-28-16-4-2-1-3-14(16)23(26)27/h1-10H,11H2,(H,21,24)(H,22,25). The Morgan fingerprint density at radius 3 is 2.48 bits per heavy atom. The minimum absolute atomic E-state index is 0.0750. The molecule has 3 rings (SSSR count). The summed E-state index contributed by atoms with van der Waals surface area (Å²) in [5, 5.41) is 10.9. The van der Waals surface area contributed by atoms with Crippen LogP contribution in [0.2, 0.25) is 0 Å². The largest absolute Gasteiger partial charge is 0.477 e. The first-order chi connectivity index (χ1) is 13.9. The van der Waals surface area contributed by atoms with Crippen molar-refractivity contribution >= 4 is 17.5 Å². The molecule has 148 valence electrons. The van der Waals surface area contributed by atoms with Crippen LogP contribution in [-0.4, -0.2) is 23.3 Å². The number of carbonyl (C=O) groups excluding carboxylic acids is 2. The Kier molecular flexibility index (Phi) is 5.83. The van der Waals surface area contributed by atoms with Crippen LogP contribution in [0.3, 0.4) is 0 Å². The first kappa shape index (κ1) is 19.5. The third-order valence-electron chi connectivity index (χ3n) is 3.69. The van der Waals surface area contributed by atoms with Gasteiger partial charge in [-0.3, -0.25) is 30.6 Å². The molecule has 10 heteroatoms. The third kappa shape index (κ3) is 4.95. The molecular weight excluding hydrogens is 385 g/mol. The maximum Gasteiger partial charge on any atom is 0.310 e. The van der Waals surface area contributed by atoms with Gasteiger partial charge in [-0.2, -0.15) is 0 Å². The second kappa shape index (κ2) is 8.65. The van der Waals surface area contributed by atoms with Crippen LogP contribution in [0.25, 0.3) is 11.3 Å². The number of halogens is 1. The second-order valence-corrected chi connectivity index (χ2v) is 5.69. The molecule has 1 heterocycles. The van der Waals surface area contributed by atoms with Crippen molar-refractivity contribution < 1.29 is 28.1 Å². The Bertz CT molecular complexity index is 1050. The Labute approximate surface area is 163 Å². The number of hydrogen-bond acceptors (Lipinski definition) is 6. The fraction of sp³-hybridized carbons (Fsp3) is 0.0526. The van der Waals surface area contributed by atoms with Crippen molar-refractivity contribution in [1.29, 1.82) is 0 Å². The van der Waals surface area contributed by atoms with E-state index in [-0.39, 0.29) is 17.2 Å². The van der Waals surface area contributed by atoms with Crippen LogP contribution >= 0.6 is 0 Å². The van der Waals surface area contributed by atoms with E-state index in [1.807, 2.05) is 0 Å². The van der Waals surface area contributed by atoms with Crippen LogP contribution in [0.5, 0.6) is 5.75 Å². The third-order valence-corrected chi connectivity index (χ3v) is 3.69. The normalized spacial score (nSPS) is 10.2. The quantitative estimate of drug-likeness (QED) is 0.485. The van der Waals surface area contributed by atoms with Gasteiger partial charge in [0.25, 0.3) is 5.91 Å². The van der Waals surface area contributed by atoms with Crippen LogP contribution in [0.4, 0.5) is 10.1 Å². The summed E-state index contributed by atoms with van der Waals surface area (Å²) in [5.74, 6) is -1.66. The Hall–Kier alpha value is -4.21. The molecule has 2 amide bonds. The smallest absolute Gasteiger partial charge is 0.310 e. The molecule has 0 unspecified atom stereocenters. The number of para-hydroxylation sites is 2. The summed E-state index contributed by atoms with van der Waals surface area (Å²) < 4.78 is 23.5. The summed E-state index contributed by atoms with van der Waals surface area (Å²) in [6, 6.07) is 14.0. The maximum absolute atomic E-state index is 13.0. The summed E-state index contributed by atoms with van der Waals surface area (Å²) in [5.41, 5.74) is 4.55. The van der Waals surface area contributed by atoms with Crippen LogP contribution < -0.4 is 15.6 Å². The topological polar surface area (TPSA) is 124 Å². The summed E-state index contributed by atoms with van der Waals surface area (Å²) in [6.07, 6.45) is 0. The molecule has 3 aromatic rings. The van der Waals surface area contributed by atoms with Gasteiger partial charge >= 0.3 is 11.6 Å². The summed E-state index contributed by atoms with van der Waals surface area (Å²) in [6.45, 7) is -0.551. The number of nitro benzene ring substituents is 1.